The summed E-state index contributed by atoms with van der Waals surface area (Å²) in [7, 11) is 0. The van der Waals surface area contributed by atoms with Crippen molar-refractivity contribution in [3.63, 3.8) is 0 Å². The van der Waals surface area contributed by atoms with Crippen LogP contribution >= 0.6 is 0 Å². The molecule has 0 aliphatic rings. The van der Waals surface area contributed by atoms with Gasteiger partial charge in [-0.3, -0.25) is 0 Å². The van der Waals surface area contributed by atoms with Gasteiger partial charge in [0, 0.05) is 12.1 Å². The normalized spacial score (nSPS) is 12.2. The van der Waals surface area contributed by atoms with E-state index in [4.69, 9.17) is 5.73 Å². The molecule has 0 saturated heterocycles. The fraction of sp³-hybridized carbons (Fsp3) is 0.462. The Morgan fingerprint density at radius 2 is 2.12 bits per heavy atom. The van der Waals surface area contributed by atoms with Crippen LogP contribution in [0.3, 0.4) is 0 Å². The number of aryl methyl sites for hydroxylation is 1. The topological polar surface area (TPSA) is 43.8 Å². The summed E-state index contributed by atoms with van der Waals surface area (Å²) in [5.41, 5.74) is 9.36. The second-order valence-corrected chi connectivity index (χ2v) is 5.02. The average Bonchev–Trinajstić information content (AvgIpc) is 2.57. The van der Waals surface area contributed by atoms with Gasteiger partial charge >= 0.3 is 0 Å². The van der Waals surface area contributed by atoms with Gasteiger partial charge in [0.2, 0.25) is 0 Å². The molecule has 2 rings (SSSR count). The van der Waals surface area contributed by atoms with Crippen LogP contribution in [0.1, 0.15) is 26.3 Å². The van der Waals surface area contributed by atoms with E-state index in [0.717, 1.165) is 18.5 Å². The Bertz CT molecular complexity index is 491. The molecule has 0 saturated carbocycles. The average molecular weight is 217 g/mol. The first-order valence-electron chi connectivity index (χ1n) is 5.72. The zero-order chi connectivity index (χ0) is 11.8. The molecule has 0 spiro atoms. The Morgan fingerprint density at radius 3 is 2.75 bits per heavy atom. The van der Waals surface area contributed by atoms with E-state index in [1.807, 2.05) is 20.2 Å². The van der Waals surface area contributed by atoms with Crippen molar-refractivity contribution in [3.8, 4) is 0 Å². The molecule has 0 bridgehead atoms. The van der Waals surface area contributed by atoms with Crippen molar-refractivity contribution in [2.45, 2.75) is 39.3 Å². The van der Waals surface area contributed by atoms with Crippen LogP contribution in [0.15, 0.2) is 24.5 Å². The molecule has 2 N–H and O–H groups in total. The van der Waals surface area contributed by atoms with Crippen molar-refractivity contribution in [1.82, 2.24) is 9.55 Å². The third-order valence-corrected chi connectivity index (χ3v) is 2.69. The van der Waals surface area contributed by atoms with Crippen LogP contribution in [-0.4, -0.2) is 15.1 Å². The van der Waals surface area contributed by atoms with Crippen molar-refractivity contribution in [2.24, 2.45) is 5.73 Å². The van der Waals surface area contributed by atoms with Crippen LogP contribution in [0.2, 0.25) is 0 Å². The number of imidazole rings is 1. The largest absolute Gasteiger partial charge is 0.331 e. The second-order valence-electron chi connectivity index (χ2n) is 5.02. The van der Waals surface area contributed by atoms with E-state index in [0.29, 0.717) is 0 Å². The van der Waals surface area contributed by atoms with Crippen LogP contribution in [0.5, 0.6) is 0 Å². The van der Waals surface area contributed by atoms with E-state index in [1.165, 1.54) is 11.1 Å². The first-order valence-corrected chi connectivity index (χ1v) is 5.72. The fourth-order valence-electron chi connectivity index (χ4n) is 2.00. The van der Waals surface area contributed by atoms with E-state index in [9.17, 15) is 0 Å². The molecule has 3 heteroatoms. The number of nitrogens with zero attached hydrogens (tertiary/aromatic N) is 2. The first kappa shape index (κ1) is 11.1. The number of aromatic nitrogens is 2. The number of nitrogens with two attached hydrogens (primary N) is 1. The first-order chi connectivity index (χ1) is 7.49. The Balaban J connectivity index is 2.38. The van der Waals surface area contributed by atoms with E-state index in [-0.39, 0.29) is 5.54 Å². The fourth-order valence-corrected chi connectivity index (χ4v) is 2.00. The van der Waals surface area contributed by atoms with Gasteiger partial charge in [0.05, 0.1) is 17.4 Å². The summed E-state index contributed by atoms with van der Waals surface area (Å²) in [5.74, 6) is 0. The molecule has 0 aliphatic carbocycles. The third kappa shape index (κ3) is 2.25. The molecular formula is C13H19N3. The number of hydrogen-bond donors (Lipinski definition) is 1. The maximum Gasteiger partial charge on any atom is 0.0958 e. The van der Waals surface area contributed by atoms with Crippen molar-refractivity contribution in [2.75, 3.05) is 0 Å². The molecular weight excluding hydrogens is 198 g/mol. The molecule has 1 aromatic carbocycles. The van der Waals surface area contributed by atoms with Crippen LogP contribution in [-0.2, 0) is 13.0 Å². The van der Waals surface area contributed by atoms with E-state index in [2.05, 4.69) is 34.7 Å². The summed E-state index contributed by atoms with van der Waals surface area (Å²) >= 11 is 0. The smallest absolute Gasteiger partial charge is 0.0958 e. The van der Waals surface area contributed by atoms with Gasteiger partial charge in [-0.2, -0.15) is 0 Å². The van der Waals surface area contributed by atoms with Gasteiger partial charge in [0.15, 0.2) is 0 Å². The highest BCUT2D eigenvalue weighted by molar-refractivity contribution is 5.76. The number of rotatable bonds is 3. The lowest BCUT2D eigenvalue weighted by atomic mass is 9.96. The molecule has 0 aliphatic heterocycles. The number of fused-ring (bicyclic) bond motifs is 1. The highest BCUT2D eigenvalue weighted by atomic mass is 15.0. The van der Waals surface area contributed by atoms with E-state index in [1.54, 1.807) is 0 Å². The molecule has 3 nitrogen and oxygen atoms in total. The third-order valence-electron chi connectivity index (χ3n) is 2.69. The highest BCUT2D eigenvalue weighted by Crippen LogP contribution is 2.17. The molecule has 1 aromatic heterocycles. The van der Waals surface area contributed by atoms with Gasteiger partial charge in [-0.25, -0.2) is 4.98 Å². The van der Waals surface area contributed by atoms with Crippen molar-refractivity contribution < 1.29 is 0 Å². The van der Waals surface area contributed by atoms with Crippen molar-refractivity contribution in [1.29, 1.82) is 0 Å². The van der Waals surface area contributed by atoms with Crippen molar-refractivity contribution >= 4 is 11.0 Å². The van der Waals surface area contributed by atoms with E-state index < -0.39 is 0 Å². The predicted octanol–water partition coefficient (Wildman–Crippen LogP) is 2.34. The molecule has 0 radical (unpaired) electrons. The second kappa shape index (κ2) is 3.91. The lowest BCUT2D eigenvalue weighted by Gasteiger charge is -2.18. The molecule has 0 fully saturated rings. The number of hydrogen-bond acceptors (Lipinski definition) is 2. The molecule has 1 heterocycles. The molecule has 86 valence electrons. The van der Waals surface area contributed by atoms with Crippen molar-refractivity contribution in [3.05, 3.63) is 30.1 Å². The summed E-state index contributed by atoms with van der Waals surface area (Å²) in [6, 6.07) is 6.41. The van der Waals surface area contributed by atoms with Crippen LogP contribution < -0.4 is 5.73 Å². The van der Waals surface area contributed by atoms with Gasteiger partial charge < -0.3 is 10.3 Å². The van der Waals surface area contributed by atoms with Gasteiger partial charge in [-0.05, 0) is 44.9 Å². The van der Waals surface area contributed by atoms with E-state index >= 15 is 0 Å². The Hall–Kier alpha value is -1.35. The summed E-state index contributed by atoms with van der Waals surface area (Å²) in [4.78, 5) is 4.40. The standard InChI is InChI=1S/C13H19N3/c1-4-16-9-15-11-7-10(5-6-12(11)16)8-13(2,3)14/h5-7,9H,4,8,14H2,1-3H3. The maximum absolute atomic E-state index is 6.02. The molecule has 16 heavy (non-hydrogen) atoms. The zero-order valence-corrected chi connectivity index (χ0v) is 10.2. The maximum atomic E-state index is 6.02. The van der Waals surface area contributed by atoms with Crippen LogP contribution in [0.25, 0.3) is 11.0 Å². The molecule has 0 unspecified atom stereocenters. The molecule has 0 amide bonds. The van der Waals surface area contributed by atoms with Gasteiger partial charge in [0.25, 0.3) is 0 Å². The minimum Gasteiger partial charge on any atom is -0.331 e. The zero-order valence-electron chi connectivity index (χ0n) is 10.2. The summed E-state index contributed by atoms with van der Waals surface area (Å²) < 4.78 is 2.15. The summed E-state index contributed by atoms with van der Waals surface area (Å²) in [6.45, 7) is 7.17. The van der Waals surface area contributed by atoms with Gasteiger partial charge in [0.1, 0.15) is 0 Å². The van der Waals surface area contributed by atoms with Gasteiger partial charge in [-0.1, -0.05) is 6.07 Å². The quantitative estimate of drug-likeness (QED) is 0.857. The summed E-state index contributed by atoms with van der Waals surface area (Å²) in [6.07, 6.45) is 2.77. The minimum atomic E-state index is -0.166. The SMILES string of the molecule is CCn1cnc2cc(CC(C)(C)N)ccc21. The van der Waals surface area contributed by atoms with Crippen LogP contribution in [0.4, 0.5) is 0 Å². The molecule has 2 aromatic rings. The Kier molecular flexibility index (Phi) is 2.72. The Morgan fingerprint density at radius 1 is 1.38 bits per heavy atom. The number of benzene rings is 1. The predicted molar refractivity (Wildman–Crippen MR) is 67.4 cm³/mol. The van der Waals surface area contributed by atoms with Gasteiger partial charge in [-0.15, -0.1) is 0 Å². The lowest BCUT2D eigenvalue weighted by Crippen LogP contribution is -2.34. The van der Waals surface area contributed by atoms with Crippen LogP contribution in [0, 0.1) is 0 Å². The highest BCUT2D eigenvalue weighted by Gasteiger charge is 2.12. The Labute approximate surface area is 96.3 Å². The molecule has 0 atom stereocenters. The lowest BCUT2D eigenvalue weighted by molar-refractivity contribution is 0.517. The monoisotopic (exact) mass is 217 g/mol. The summed E-state index contributed by atoms with van der Waals surface area (Å²) in [5, 5.41) is 0. The minimum absolute atomic E-state index is 0.166.